The molecule has 2 aliphatic rings. The van der Waals surface area contributed by atoms with Gasteiger partial charge in [0.15, 0.2) is 0 Å². The zero-order valence-corrected chi connectivity index (χ0v) is 11.6. The molecule has 2 fully saturated rings. The van der Waals surface area contributed by atoms with Gasteiger partial charge in [0.1, 0.15) is 0 Å². The maximum Gasteiger partial charge on any atom is 0.233 e. The number of hydrogen-bond donors (Lipinski definition) is 1. The zero-order chi connectivity index (χ0) is 13.8. The van der Waals surface area contributed by atoms with Crippen molar-refractivity contribution in [1.82, 2.24) is 15.1 Å². The van der Waals surface area contributed by atoms with E-state index in [1.807, 2.05) is 27.0 Å². The van der Waals surface area contributed by atoms with Gasteiger partial charge in [0, 0.05) is 12.2 Å². The third kappa shape index (κ3) is 1.71. The van der Waals surface area contributed by atoms with Crippen LogP contribution in [-0.2, 0) is 16.0 Å². The minimum Gasteiger partial charge on any atom is -0.283 e. The Labute approximate surface area is 112 Å². The van der Waals surface area contributed by atoms with Crippen LogP contribution in [0.25, 0.3) is 0 Å². The van der Waals surface area contributed by atoms with E-state index in [4.69, 9.17) is 0 Å². The lowest BCUT2D eigenvalue weighted by Gasteiger charge is -2.20. The molecule has 1 aromatic rings. The van der Waals surface area contributed by atoms with Crippen LogP contribution in [0.2, 0.25) is 0 Å². The Kier molecular flexibility index (Phi) is 2.56. The van der Waals surface area contributed by atoms with Crippen LogP contribution in [0.5, 0.6) is 0 Å². The smallest absolute Gasteiger partial charge is 0.233 e. The molecule has 1 aliphatic carbocycles. The van der Waals surface area contributed by atoms with Crippen LogP contribution in [0.3, 0.4) is 0 Å². The number of likely N-dealkylation sites (tertiary alicyclic amines) is 1. The normalized spacial score (nSPS) is 27.8. The Morgan fingerprint density at radius 3 is 2.47 bits per heavy atom. The van der Waals surface area contributed by atoms with Crippen LogP contribution >= 0.6 is 0 Å². The fourth-order valence-corrected chi connectivity index (χ4v) is 3.28. The molecular weight excluding hydrogens is 242 g/mol. The molecule has 1 saturated heterocycles. The highest BCUT2D eigenvalue weighted by Gasteiger charge is 2.72. The SMILES string of the molecule is Cc1[nH]ncc1CCCN1C(=O)C2C(C1=O)C2(C)C. The molecule has 3 rings (SSSR count). The van der Waals surface area contributed by atoms with Gasteiger partial charge in [-0.25, -0.2) is 0 Å². The molecule has 0 spiro atoms. The highest BCUT2D eigenvalue weighted by Crippen LogP contribution is 2.63. The number of aromatic nitrogens is 2. The van der Waals surface area contributed by atoms with Crippen molar-refractivity contribution in [3.8, 4) is 0 Å². The van der Waals surface area contributed by atoms with Crippen molar-refractivity contribution >= 4 is 11.8 Å². The quantitative estimate of drug-likeness (QED) is 0.831. The summed E-state index contributed by atoms with van der Waals surface area (Å²) in [6, 6.07) is 0. The molecule has 5 nitrogen and oxygen atoms in total. The van der Waals surface area contributed by atoms with E-state index >= 15 is 0 Å². The number of nitrogens with zero attached hydrogens (tertiary/aromatic N) is 2. The molecule has 2 atom stereocenters. The molecule has 2 amide bonds. The minimum absolute atomic E-state index is 0.0314. The van der Waals surface area contributed by atoms with E-state index in [0.717, 1.165) is 24.1 Å². The molecule has 1 aliphatic heterocycles. The summed E-state index contributed by atoms with van der Waals surface area (Å²) >= 11 is 0. The van der Waals surface area contributed by atoms with Gasteiger partial charge in [-0.15, -0.1) is 0 Å². The van der Waals surface area contributed by atoms with Crippen molar-refractivity contribution in [2.75, 3.05) is 6.54 Å². The van der Waals surface area contributed by atoms with Crippen LogP contribution < -0.4 is 0 Å². The monoisotopic (exact) mass is 261 g/mol. The van der Waals surface area contributed by atoms with Gasteiger partial charge in [-0.05, 0) is 30.7 Å². The van der Waals surface area contributed by atoms with Crippen molar-refractivity contribution in [1.29, 1.82) is 0 Å². The lowest BCUT2D eigenvalue weighted by molar-refractivity contribution is -0.143. The van der Waals surface area contributed by atoms with E-state index in [0.29, 0.717) is 6.54 Å². The molecule has 1 aromatic heterocycles. The van der Waals surface area contributed by atoms with Crippen molar-refractivity contribution in [2.24, 2.45) is 17.3 Å². The summed E-state index contributed by atoms with van der Waals surface area (Å²) < 4.78 is 0. The third-order valence-electron chi connectivity index (χ3n) is 4.65. The third-order valence-corrected chi connectivity index (χ3v) is 4.65. The minimum atomic E-state index is -0.105. The molecule has 1 N–H and O–H groups in total. The standard InChI is InChI=1S/C14H19N3O2/c1-8-9(7-15-16-8)5-4-6-17-12(18)10-11(13(17)19)14(10,2)3/h7,10-11H,4-6H2,1-3H3,(H,15,16). The number of hydrogen-bond acceptors (Lipinski definition) is 3. The van der Waals surface area contributed by atoms with Gasteiger partial charge >= 0.3 is 0 Å². The van der Waals surface area contributed by atoms with E-state index in [2.05, 4.69) is 10.2 Å². The predicted molar refractivity (Wildman–Crippen MR) is 69.1 cm³/mol. The molecule has 2 heterocycles. The van der Waals surface area contributed by atoms with Crippen LogP contribution in [0.4, 0.5) is 0 Å². The Morgan fingerprint density at radius 1 is 1.32 bits per heavy atom. The van der Waals surface area contributed by atoms with Crippen LogP contribution in [0.15, 0.2) is 6.20 Å². The number of aromatic amines is 1. The largest absolute Gasteiger partial charge is 0.283 e. The number of fused-ring (bicyclic) bond motifs is 1. The first kappa shape index (κ1) is 12.4. The Morgan fingerprint density at radius 2 is 1.95 bits per heavy atom. The zero-order valence-electron chi connectivity index (χ0n) is 11.6. The molecule has 19 heavy (non-hydrogen) atoms. The Bertz CT molecular complexity index is 523. The number of H-pyrrole nitrogens is 1. The van der Waals surface area contributed by atoms with E-state index in [1.165, 1.54) is 4.90 Å². The summed E-state index contributed by atoms with van der Waals surface area (Å²) in [5.74, 6) is -0.0563. The van der Waals surface area contributed by atoms with Crippen molar-refractivity contribution in [3.05, 3.63) is 17.5 Å². The maximum atomic E-state index is 12.1. The van der Waals surface area contributed by atoms with E-state index in [-0.39, 0.29) is 29.1 Å². The Balaban J connectivity index is 1.57. The first-order valence-electron chi connectivity index (χ1n) is 6.78. The average molecular weight is 261 g/mol. The highest BCUT2D eigenvalue weighted by atomic mass is 16.2. The lowest BCUT2D eigenvalue weighted by atomic mass is 10.1. The summed E-state index contributed by atoms with van der Waals surface area (Å²) in [6.45, 7) is 6.52. The second-order valence-corrected chi connectivity index (χ2v) is 6.23. The van der Waals surface area contributed by atoms with Gasteiger partial charge < -0.3 is 0 Å². The van der Waals surface area contributed by atoms with E-state index in [9.17, 15) is 9.59 Å². The topological polar surface area (TPSA) is 66.1 Å². The van der Waals surface area contributed by atoms with Gasteiger partial charge in [0.25, 0.3) is 0 Å². The molecule has 1 saturated carbocycles. The van der Waals surface area contributed by atoms with Gasteiger partial charge in [-0.2, -0.15) is 5.10 Å². The van der Waals surface area contributed by atoms with Crippen molar-refractivity contribution < 1.29 is 9.59 Å². The summed E-state index contributed by atoms with van der Waals surface area (Å²) in [4.78, 5) is 25.7. The number of rotatable bonds is 4. The maximum absolute atomic E-state index is 12.1. The van der Waals surface area contributed by atoms with Crippen molar-refractivity contribution in [3.63, 3.8) is 0 Å². The number of imide groups is 1. The molecule has 102 valence electrons. The van der Waals surface area contributed by atoms with Crippen LogP contribution in [-0.4, -0.2) is 33.5 Å². The number of carbonyl (C=O) groups is 2. The van der Waals surface area contributed by atoms with Crippen LogP contribution in [0, 0.1) is 24.2 Å². The summed E-state index contributed by atoms with van der Waals surface area (Å²) in [5.41, 5.74) is 2.11. The van der Waals surface area contributed by atoms with E-state index < -0.39 is 0 Å². The predicted octanol–water partition coefficient (Wildman–Crippen LogP) is 1.29. The average Bonchev–Trinajstić information content (AvgIpc) is 2.61. The summed E-state index contributed by atoms with van der Waals surface area (Å²) in [7, 11) is 0. The first-order chi connectivity index (χ1) is 8.94. The molecule has 0 aromatic carbocycles. The number of amides is 2. The van der Waals surface area contributed by atoms with E-state index in [1.54, 1.807) is 0 Å². The second kappa shape index (κ2) is 3.92. The molecule has 5 heteroatoms. The van der Waals surface area contributed by atoms with Gasteiger partial charge in [-0.3, -0.25) is 19.6 Å². The fraction of sp³-hybridized carbons (Fsp3) is 0.643. The van der Waals surface area contributed by atoms with Crippen molar-refractivity contribution in [2.45, 2.75) is 33.6 Å². The first-order valence-corrected chi connectivity index (χ1v) is 6.78. The lowest BCUT2D eigenvalue weighted by Crippen LogP contribution is -2.37. The Hall–Kier alpha value is -1.65. The number of nitrogens with one attached hydrogen (secondary N) is 1. The number of carbonyl (C=O) groups excluding carboxylic acids is 2. The number of piperidine rings is 1. The second-order valence-electron chi connectivity index (χ2n) is 6.23. The van der Waals surface area contributed by atoms with Gasteiger partial charge in [0.2, 0.25) is 11.8 Å². The molecule has 0 radical (unpaired) electrons. The van der Waals surface area contributed by atoms with Gasteiger partial charge in [-0.1, -0.05) is 13.8 Å². The molecule has 0 bridgehead atoms. The number of aryl methyl sites for hydroxylation is 2. The van der Waals surface area contributed by atoms with Gasteiger partial charge in [0.05, 0.1) is 18.0 Å². The molecule has 2 unspecified atom stereocenters. The molecular formula is C14H19N3O2. The summed E-state index contributed by atoms with van der Waals surface area (Å²) in [6.07, 6.45) is 3.46. The summed E-state index contributed by atoms with van der Waals surface area (Å²) in [5, 5.41) is 6.86. The highest BCUT2D eigenvalue weighted by molar-refractivity contribution is 6.10. The van der Waals surface area contributed by atoms with Crippen LogP contribution in [0.1, 0.15) is 31.5 Å². The fourth-order valence-electron chi connectivity index (χ4n) is 3.28.